The molecular weight excluding hydrogens is 426 g/mol. The minimum Gasteiger partial charge on any atom is -0.444 e. The number of thiophene rings is 1. The van der Waals surface area contributed by atoms with Crippen molar-refractivity contribution in [2.75, 3.05) is 18.0 Å². The first kappa shape index (κ1) is 20.9. The third kappa shape index (κ3) is 4.11. The number of ether oxygens (including phenoxy) is 1. The Morgan fingerprint density at radius 1 is 1.39 bits per heavy atom. The maximum Gasteiger partial charge on any atom is 0.410 e. The van der Waals surface area contributed by atoms with E-state index < -0.39 is 26.0 Å². The van der Waals surface area contributed by atoms with E-state index in [0.29, 0.717) is 23.5 Å². The lowest BCUT2D eigenvalue weighted by Gasteiger charge is -2.29. The zero-order valence-corrected chi connectivity index (χ0v) is 18.1. The highest BCUT2D eigenvalue weighted by atomic mass is 35.7. The number of anilines is 1. The fourth-order valence-corrected chi connectivity index (χ4v) is 5.60. The molecule has 2 aliphatic heterocycles. The van der Waals surface area contributed by atoms with Gasteiger partial charge in [-0.25, -0.2) is 13.2 Å². The van der Waals surface area contributed by atoms with E-state index in [-0.39, 0.29) is 25.4 Å². The topological polar surface area (TPSA) is 108 Å². The minimum absolute atomic E-state index is 0.0749. The molecule has 0 spiro atoms. The van der Waals surface area contributed by atoms with Crippen molar-refractivity contribution in [3.63, 3.8) is 0 Å². The molecule has 0 N–H and O–H groups in total. The van der Waals surface area contributed by atoms with Crippen LogP contribution in [0, 0.1) is 11.3 Å². The fraction of sp³-hybridized carbons (Fsp3) is 0.588. The van der Waals surface area contributed by atoms with Crippen LogP contribution < -0.4 is 4.90 Å². The number of hydrogen-bond acceptors (Lipinski definition) is 7. The maximum absolute atomic E-state index is 12.4. The number of nitriles is 1. The predicted octanol–water partition coefficient (Wildman–Crippen LogP) is 2.59. The average Bonchev–Trinajstić information content (AvgIpc) is 3.12. The van der Waals surface area contributed by atoms with Crippen LogP contribution in [0.15, 0.2) is 0 Å². The summed E-state index contributed by atoms with van der Waals surface area (Å²) in [6, 6.07) is 2.14. The molecule has 11 heteroatoms. The summed E-state index contributed by atoms with van der Waals surface area (Å²) >= 11 is 1.23. The summed E-state index contributed by atoms with van der Waals surface area (Å²) in [4.78, 5) is 28.4. The van der Waals surface area contributed by atoms with E-state index in [4.69, 9.17) is 15.4 Å². The SMILES string of the molecule is CC(C)(C)OC(=O)N1CCc2c(sc(N3CC(S(=O)(=O)Cl)CC3=O)c2C#N)C1. The molecule has 28 heavy (non-hydrogen) atoms. The van der Waals surface area contributed by atoms with Crippen LogP contribution in [-0.4, -0.2) is 49.3 Å². The molecule has 0 radical (unpaired) electrons. The highest BCUT2D eigenvalue weighted by Gasteiger charge is 2.41. The number of carbonyl (C=O) groups is 2. The third-order valence-corrected chi connectivity index (χ3v) is 7.64. The van der Waals surface area contributed by atoms with Crippen molar-refractivity contribution < 1.29 is 22.7 Å². The lowest BCUT2D eigenvalue weighted by molar-refractivity contribution is -0.117. The molecule has 2 aliphatic rings. The van der Waals surface area contributed by atoms with Gasteiger partial charge in [-0.15, -0.1) is 11.3 Å². The molecule has 0 aliphatic carbocycles. The van der Waals surface area contributed by atoms with Crippen LogP contribution in [0.25, 0.3) is 0 Å². The van der Waals surface area contributed by atoms with Gasteiger partial charge in [-0.1, -0.05) is 0 Å². The van der Waals surface area contributed by atoms with Crippen molar-refractivity contribution in [1.29, 1.82) is 5.26 Å². The van der Waals surface area contributed by atoms with E-state index in [9.17, 15) is 23.3 Å². The molecule has 1 fully saturated rings. The van der Waals surface area contributed by atoms with Crippen LogP contribution in [0.4, 0.5) is 9.80 Å². The zero-order valence-electron chi connectivity index (χ0n) is 15.7. The summed E-state index contributed by atoms with van der Waals surface area (Å²) in [5.74, 6) is -0.381. The second-order valence-electron chi connectivity index (χ2n) is 7.75. The van der Waals surface area contributed by atoms with Gasteiger partial charge in [0, 0.05) is 35.1 Å². The van der Waals surface area contributed by atoms with E-state index in [1.165, 1.54) is 16.2 Å². The Morgan fingerprint density at radius 2 is 2.07 bits per heavy atom. The first-order valence-electron chi connectivity index (χ1n) is 8.67. The number of nitrogens with zero attached hydrogens (tertiary/aromatic N) is 3. The predicted molar refractivity (Wildman–Crippen MR) is 105 cm³/mol. The number of halogens is 1. The van der Waals surface area contributed by atoms with E-state index >= 15 is 0 Å². The molecule has 1 aromatic rings. The molecular formula is C17H20ClN3O5S2. The van der Waals surface area contributed by atoms with Gasteiger partial charge >= 0.3 is 6.09 Å². The second-order valence-corrected chi connectivity index (χ2v) is 11.7. The molecule has 1 saturated heterocycles. The van der Waals surface area contributed by atoms with E-state index in [1.807, 2.05) is 0 Å². The van der Waals surface area contributed by atoms with Crippen LogP contribution in [0.3, 0.4) is 0 Å². The monoisotopic (exact) mass is 445 g/mol. The van der Waals surface area contributed by atoms with Crippen molar-refractivity contribution >= 4 is 48.1 Å². The van der Waals surface area contributed by atoms with E-state index in [1.54, 1.807) is 25.7 Å². The van der Waals surface area contributed by atoms with Gasteiger partial charge in [0.05, 0.1) is 12.1 Å². The lowest BCUT2D eigenvalue weighted by Crippen LogP contribution is -2.39. The Kier molecular flexibility index (Phi) is 5.38. The molecule has 1 unspecified atom stereocenters. The molecule has 3 heterocycles. The standard InChI is InChI=1S/C17H20ClN3O5S2/c1-17(2,3)26-16(23)20-5-4-11-12(7-19)15(27-13(11)9-20)21-8-10(6-14(21)22)28(18,24)25/h10H,4-6,8-9H2,1-3H3. The number of hydrogen-bond donors (Lipinski definition) is 0. The number of fused-ring (bicyclic) bond motifs is 1. The number of amides is 2. The van der Waals surface area contributed by atoms with Crippen molar-refractivity contribution in [2.24, 2.45) is 0 Å². The van der Waals surface area contributed by atoms with Gasteiger partial charge < -0.3 is 14.5 Å². The number of rotatable bonds is 2. The van der Waals surface area contributed by atoms with E-state index in [2.05, 4.69) is 6.07 Å². The Bertz CT molecular complexity index is 974. The van der Waals surface area contributed by atoms with Gasteiger partial charge in [-0.3, -0.25) is 4.79 Å². The highest BCUT2D eigenvalue weighted by molar-refractivity contribution is 8.14. The Labute approximate surface area is 172 Å². The quantitative estimate of drug-likeness (QED) is 0.647. The van der Waals surface area contributed by atoms with Crippen LogP contribution in [-0.2, 0) is 31.5 Å². The molecule has 2 amide bonds. The highest BCUT2D eigenvalue weighted by Crippen LogP contribution is 2.41. The van der Waals surface area contributed by atoms with Crippen LogP contribution in [0.2, 0.25) is 0 Å². The molecule has 1 aromatic heterocycles. The normalized spacial score (nSPS) is 20.1. The minimum atomic E-state index is -3.87. The summed E-state index contributed by atoms with van der Waals surface area (Å²) in [5, 5.41) is 9.06. The second kappa shape index (κ2) is 7.21. The van der Waals surface area contributed by atoms with Crippen molar-refractivity contribution in [3.8, 4) is 6.07 Å². The summed E-state index contributed by atoms with van der Waals surface area (Å²) in [6.45, 7) is 5.98. The molecule has 3 rings (SSSR count). The first-order chi connectivity index (χ1) is 12.9. The third-order valence-electron chi connectivity index (χ3n) is 4.53. The number of carbonyl (C=O) groups excluding carboxylic acids is 2. The first-order valence-corrected chi connectivity index (χ1v) is 11.9. The van der Waals surface area contributed by atoms with Gasteiger partial charge in [0.2, 0.25) is 15.0 Å². The summed E-state index contributed by atoms with van der Waals surface area (Å²) in [6.07, 6.45) is -0.173. The van der Waals surface area contributed by atoms with Gasteiger partial charge in [0.15, 0.2) is 0 Å². The largest absolute Gasteiger partial charge is 0.444 e. The molecule has 1 atom stereocenters. The zero-order chi connectivity index (χ0) is 20.9. The molecule has 8 nitrogen and oxygen atoms in total. The Balaban J connectivity index is 1.87. The Hall–Kier alpha value is -1.83. The van der Waals surface area contributed by atoms with Crippen molar-refractivity contribution in [2.45, 2.75) is 51.0 Å². The molecule has 0 aromatic carbocycles. The van der Waals surface area contributed by atoms with Gasteiger partial charge in [-0.2, -0.15) is 5.26 Å². The van der Waals surface area contributed by atoms with Gasteiger partial charge in [0.1, 0.15) is 21.9 Å². The molecule has 152 valence electrons. The average molecular weight is 446 g/mol. The van der Waals surface area contributed by atoms with Crippen molar-refractivity contribution in [1.82, 2.24) is 4.90 Å². The van der Waals surface area contributed by atoms with Gasteiger partial charge in [-0.05, 0) is 32.8 Å². The summed E-state index contributed by atoms with van der Waals surface area (Å²) < 4.78 is 28.6. The van der Waals surface area contributed by atoms with Crippen molar-refractivity contribution in [3.05, 3.63) is 16.0 Å². The summed E-state index contributed by atoms with van der Waals surface area (Å²) in [7, 11) is 1.54. The fourth-order valence-electron chi connectivity index (χ4n) is 3.24. The molecule has 0 bridgehead atoms. The maximum atomic E-state index is 12.4. The molecule has 0 saturated carbocycles. The van der Waals surface area contributed by atoms with Crippen LogP contribution >= 0.6 is 22.0 Å². The van der Waals surface area contributed by atoms with Crippen LogP contribution in [0.5, 0.6) is 0 Å². The Morgan fingerprint density at radius 3 is 2.61 bits per heavy atom. The lowest BCUT2D eigenvalue weighted by atomic mass is 10.0. The van der Waals surface area contributed by atoms with Gasteiger partial charge in [0.25, 0.3) is 0 Å². The summed E-state index contributed by atoms with van der Waals surface area (Å²) in [5.41, 5.74) is 0.553. The van der Waals surface area contributed by atoms with Crippen LogP contribution in [0.1, 0.15) is 43.2 Å². The smallest absolute Gasteiger partial charge is 0.410 e. The van der Waals surface area contributed by atoms with E-state index in [0.717, 1.165) is 10.4 Å².